The van der Waals surface area contributed by atoms with Gasteiger partial charge >= 0.3 is 6.18 Å². The summed E-state index contributed by atoms with van der Waals surface area (Å²) in [7, 11) is 2.58. The second-order valence-corrected chi connectivity index (χ2v) is 8.30. The molecule has 0 aliphatic carbocycles. The second-order valence-electron chi connectivity index (χ2n) is 7.52. The summed E-state index contributed by atoms with van der Waals surface area (Å²) in [5.74, 6) is -2.86. The van der Waals surface area contributed by atoms with Gasteiger partial charge in [0.1, 0.15) is 22.6 Å². The lowest BCUT2D eigenvalue weighted by Crippen LogP contribution is -2.29. The molecule has 188 valence electrons. The number of carbonyl (C=O) groups is 2. The standard InChI is InChI=1S/C24H16Cl2F3NO6/c1-34-21-13(10-14(25)22(35-2)17(21)26)19(31)16-18(15-4-3-9-36-15)30(23(33)20(16)32)12-7-5-11(6-8-12)24(27,28)29/h3-10,18,31H,1-2H3/b19-16-. The number of amides is 1. The van der Waals surface area contributed by atoms with Crippen LogP contribution in [0, 0.1) is 0 Å². The number of furan rings is 1. The van der Waals surface area contributed by atoms with Gasteiger partial charge in [0.05, 0.1) is 42.2 Å². The summed E-state index contributed by atoms with van der Waals surface area (Å²) in [6.45, 7) is 0. The van der Waals surface area contributed by atoms with Crippen LogP contribution in [0.25, 0.3) is 5.76 Å². The molecule has 1 atom stereocenters. The van der Waals surface area contributed by atoms with Gasteiger partial charge in [-0.2, -0.15) is 13.2 Å². The Morgan fingerprint density at radius 2 is 1.69 bits per heavy atom. The van der Waals surface area contributed by atoms with E-state index < -0.39 is 40.8 Å². The molecule has 1 aliphatic rings. The molecular formula is C24H16Cl2F3NO6. The van der Waals surface area contributed by atoms with Crippen LogP contribution in [-0.4, -0.2) is 31.0 Å². The first kappa shape index (κ1) is 25.5. The van der Waals surface area contributed by atoms with E-state index in [0.717, 1.165) is 29.2 Å². The van der Waals surface area contributed by atoms with E-state index in [9.17, 15) is 27.9 Å². The van der Waals surface area contributed by atoms with Gasteiger partial charge in [-0.05, 0) is 42.5 Å². The molecule has 1 amide bonds. The molecule has 7 nitrogen and oxygen atoms in total. The van der Waals surface area contributed by atoms with E-state index in [1.54, 1.807) is 0 Å². The number of ether oxygens (including phenoxy) is 2. The predicted molar refractivity (Wildman–Crippen MR) is 125 cm³/mol. The summed E-state index contributed by atoms with van der Waals surface area (Å²) in [6, 6.07) is 6.51. The molecule has 2 aromatic carbocycles. The number of alkyl halides is 3. The number of Topliss-reactive ketones (excluding diaryl/α,β-unsaturated/α-hetero) is 1. The first-order chi connectivity index (χ1) is 17.0. The fraction of sp³-hybridized carbons (Fsp3) is 0.167. The zero-order valence-electron chi connectivity index (χ0n) is 18.5. The highest BCUT2D eigenvalue weighted by atomic mass is 35.5. The number of hydrogen-bond acceptors (Lipinski definition) is 6. The third-order valence-electron chi connectivity index (χ3n) is 5.52. The monoisotopic (exact) mass is 541 g/mol. The van der Waals surface area contributed by atoms with Crippen molar-refractivity contribution in [3.8, 4) is 11.5 Å². The number of halogens is 5. The number of aliphatic hydroxyl groups excluding tert-OH is 1. The van der Waals surface area contributed by atoms with Crippen LogP contribution in [0.4, 0.5) is 18.9 Å². The number of carbonyl (C=O) groups excluding carboxylic acids is 2. The Hall–Kier alpha value is -3.63. The minimum absolute atomic E-state index is 0.0173. The molecule has 36 heavy (non-hydrogen) atoms. The van der Waals surface area contributed by atoms with E-state index in [2.05, 4.69) is 0 Å². The number of hydrogen-bond donors (Lipinski definition) is 1. The van der Waals surface area contributed by atoms with Crippen molar-refractivity contribution in [2.24, 2.45) is 0 Å². The van der Waals surface area contributed by atoms with Gasteiger partial charge in [-0.15, -0.1) is 0 Å². The number of ketones is 1. The van der Waals surface area contributed by atoms with Gasteiger partial charge in [0.15, 0.2) is 11.5 Å². The van der Waals surface area contributed by atoms with Crippen LogP contribution in [0.15, 0.2) is 58.7 Å². The minimum Gasteiger partial charge on any atom is -0.507 e. The van der Waals surface area contributed by atoms with Crippen molar-refractivity contribution in [3.05, 3.63) is 81.2 Å². The summed E-state index contributed by atoms with van der Waals surface area (Å²) in [4.78, 5) is 27.2. The van der Waals surface area contributed by atoms with Gasteiger partial charge in [0, 0.05) is 5.69 Å². The molecule has 12 heteroatoms. The van der Waals surface area contributed by atoms with E-state index in [1.165, 1.54) is 38.7 Å². The first-order valence-electron chi connectivity index (χ1n) is 10.1. The summed E-state index contributed by atoms with van der Waals surface area (Å²) in [6.07, 6.45) is -3.32. The van der Waals surface area contributed by atoms with Crippen LogP contribution in [0.3, 0.4) is 0 Å². The van der Waals surface area contributed by atoms with E-state index in [4.69, 9.17) is 37.1 Å². The predicted octanol–water partition coefficient (Wildman–Crippen LogP) is 6.25. The van der Waals surface area contributed by atoms with Gasteiger partial charge < -0.3 is 19.0 Å². The average molecular weight is 542 g/mol. The lowest BCUT2D eigenvalue weighted by Gasteiger charge is -2.24. The van der Waals surface area contributed by atoms with Crippen LogP contribution in [-0.2, 0) is 15.8 Å². The highest BCUT2D eigenvalue weighted by molar-refractivity contribution is 6.51. The quantitative estimate of drug-likeness (QED) is 0.233. The number of rotatable bonds is 5. The molecule has 1 unspecified atom stereocenters. The molecule has 1 aliphatic heterocycles. The molecule has 1 aromatic heterocycles. The number of benzene rings is 2. The van der Waals surface area contributed by atoms with Crippen LogP contribution in [0.2, 0.25) is 10.0 Å². The van der Waals surface area contributed by atoms with Crippen LogP contribution < -0.4 is 14.4 Å². The van der Waals surface area contributed by atoms with Crippen molar-refractivity contribution in [2.45, 2.75) is 12.2 Å². The fourth-order valence-corrected chi connectivity index (χ4v) is 4.60. The van der Waals surface area contributed by atoms with Gasteiger partial charge in [0.2, 0.25) is 0 Å². The van der Waals surface area contributed by atoms with Gasteiger partial charge in [-0.25, -0.2) is 0 Å². The maximum absolute atomic E-state index is 13.2. The Labute approximate surface area is 212 Å². The molecule has 4 rings (SSSR count). The molecule has 1 fully saturated rings. The third-order valence-corrected chi connectivity index (χ3v) is 6.15. The maximum Gasteiger partial charge on any atom is 0.416 e. The van der Waals surface area contributed by atoms with Crippen LogP contribution >= 0.6 is 23.2 Å². The first-order valence-corrected chi connectivity index (χ1v) is 10.9. The number of anilines is 1. The van der Waals surface area contributed by atoms with Crippen molar-refractivity contribution >= 4 is 46.3 Å². The van der Waals surface area contributed by atoms with Gasteiger partial charge in [-0.1, -0.05) is 23.2 Å². The Bertz CT molecular complexity index is 1370. The van der Waals surface area contributed by atoms with Crippen LogP contribution in [0.1, 0.15) is 22.9 Å². The van der Waals surface area contributed by atoms with Gasteiger partial charge in [-0.3, -0.25) is 14.5 Å². The maximum atomic E-state index is 13.2. The molecule has 0 spiro atoms. The molecule has 0 saturated carbocycles. The van der Waals surface area contributed by atoms with Crippen molar-refractivity contribution in [1.29, 1.82) is 0 Å². The number of nitrogens with zero attached hydrogens (tertiary/aromatic N) is 1. The molecule has 3 aromatic rings. The van der Waals surface area contributed by atoms with Gasteiger partial charge in [0.25, 0.3) is 11.7 Å². The summed E-state index contributed by atoms with van der Waals surface area (Å²) < 4.78 is 55.0. The van der Waals surface area contributed by atoms with Crippen molar-refractivity contribution in [2.75, 3.05) is 19.1 Å². The lowest BCUT2D eigenvalue weighted by molar-refractivity contribution is -0.137. The second kappa shape index (κ2) is 9.44. The van der Waals surface area contributed by atoms with Crippen molar-refractivity contribution < 1.29 is 41.8 Å². The zero-order chi connectivity index (χ0) is 26.4. The molecular weight excluding hydrogens is 526 g/mol. The SMILES string of the molecule is COc1c(Cl)cc(/C(O)=C2/C(=O)C(=O)N(c3ccc(C(F)(F)F)cc3)C2c2ccco2)c(OC)c1Cl. The Kier molecular flexibility index (Phi) is 6.68. The minimum atomic E-state index is -4.60. The summed E-state index contributed by atoms with van der Waals surface area (Å²) in [5.41, 5.74) is -1.49. The molecule has 1 N–H and O–H groups in total. The Morgan fingerprint density at radius 3 is 2.22 bits per heavy atom. The smallest absolute Gasteiger partial charge is 0.416 e. The highest BCUT2D eigenvalue weighted by Crippen LogP contribution is 2.48. The highest BCUT2D eigenvalue weighted by Gasteiger charge is 2.49. The van der Waals surface area contributed by atoms with Crippen molar-refractivity contribution in [3.63, 3.8) is 0 Å². The van der Waals surface area contributed by atoms with Crippen molar-refractivity contribution in [1.82, 2.24) is 0 Å². The zero-order valence-corrected chi connectivity index (χ0v) is 20.0. The Balaban J connectivity index is 1.94. The molecule has 0 radical (unpaired) electrons. The summed E-state index contributed by atoms with van der Waals surface area (Å²) >= 11 is 12.5. The third kappa shape index (κ3) is 4.16. The lowest BCUT2D eigenvalue weighted by atomic mass is 9.98. The van der Waals surface area contributed by atoms with Crippen LogP contribution in [0.5, 0.6) is 11.5 Å². The number of aliphatic hydroxyl groups is 1. The largest absolute Gasteiger partial charge is 0.507 e. The molecule has 2 heterocycles. The molecule has 1 saturated heterocycles. The topological polar surface area (TPSA) is 89.2 Å². The van der Waals surface area contributed by atoms with E-state index in [1.807, 2.05) is 0 Å². The number of methoxy groups -OCH3 is 2. The fourth-order valence-electron chi connectivity index (χ4n) is 3.92. The van der Waals surface area contributed by atoms with E-state index in [-0.39, 0.29) is 38.6 Å². The average Bonchev–Trinajstić information content (AvgIpc) is 3.45. The Morgan fingerprint density at radius 1 is 1.06 bits per heavy atom. The van der Waals surface area contributed by atoms with E-state index >= 15 is 0 Å². The van der Waals surface area contributed by atoms with E-state index in [0.29, 0.717) is 0 Å². The summed E-state index contributed by atoms with van der Waals surface area (Å²) in [5, 5.41) is 11.2. The molecule has 0 bridgehead atoms. The normalized spacial score (nSPS) is 17.5.